The van der Waals surface area contributed by atoms with Crippen LogP contribution in [0.1, 0.15) is 0 Å². The van der Waals surface area contributed by atoms with E-state index in [2.05, 4.69) is 36.6 Å². The van der Waals surface area contributed by atoms with Gasteiger partial charge in [0.25, 0.3) is 0 Å². The van der Waals surface area contributed by atoms with Crippen LogP contribution in [-0.2, 0) is 8.26 Å². The predicted octanol–water partition coefficient (Wildman–Crippen LogP) is 3.58. The van der Waals surface area contributed by atoms with E-state index in [1.165, 1.54) is 0 Å². The van der Waals surface area contributed by atoms with Crippen molar-refractivity contribution in [2.24, 2.45) is 0 Å². The van der Waals surface area contributed by atoms with Gasteiger partial charge in [0.1, 0.15) is 5.15 Å². The van der Waals surface area contributed by atoms with Crippen molar-refractivity contribution >= 4 is 52.9 Å². The van der Waals surface area contributed by atoms with Gasteiger partial charge in [0.15, 0.2) is 0 Å². The first kappa shape index (κ1) is 16.0. The van der Waals surface area contributed by atoms with Crippen molar-refractivity contribution in [3.8, 4) is 0 Å². The zero-order chi connectivity index (χ0) is 14.3. The minimum Gasteiger partial charge on any atom is -0.324 e. The number of anilines is 2. The van der Waals surface area contributed by atoms with Crippen molar-refractivity contribution in [2.45, 2.75) is 0 Å². The number of benzene rings is 1. The van der Waals surface area contributed by atoms with Gasteiger partial charge in [-0.3, -0.25) is 0 Å². The van der Waals surface area contributed by atoms with Crippen LogP contribution in [0.4, 0.5) is 11.6 Å². The Bertz CT molecular complexity index is 615. The topological polar surface area (TPSA) is 72.0 Å². The van der Waals surface area contributed by atoms with E-state index in [-0.39, 0.29) is 0 Å². The molecule has 0 unspecified atom stereocenters. The Balaban J connectivity index is 0.000000312. The molecule has 0 atom stereocenters. The molecular formula is C10H8Cl3N3O2S. The lowest BCUT2D eigenvalue weighted by atomic mass is 10.3. The zero-order valence-electron chi connectivity index (χ0n) is 9.29. The summed E-state index contributed by atoms with van der Waals surface area (Å²) in [5.74, 6) is 0.503. The molecule has 0 aliphatic rings. The van der Waals surface area contributed by atoms with Gasteiger partial charge in [-0.1, -0.05) is 29.8 Å². The molecule has 102 valence electrons. The highest BCUT2D eigenvalue weighted by Gasteiger charge is 1.96. The minimum atomic E-state index is -3.72. The first-order chi connectivity index (χ1) is 8.84. The molecule has 0 bridgehead atoms. The lowest BCUT2D eigenvalue weighted by molar-refractivity contribution is 0.621. The van der Waals surface area contributed by atoms with E-state index in [9.17, 15) is 0 Å². The maximum atomic E-state index is 9.16. The average molecular weight is 341 g/mol. The third-order valence-electron chi connectivity index (χ3n) is 1.65. The third kappa shape index (κ3) is 8.61. The molecule has 0 spiro atoms. The lowest BCUT2D eigenvalue weighted by Gasteiger charge is -2.03. The second kappa shape index (κ2) is 7.49. The van der Waals surface area contributed by atoms with E-state index in [0.717, 1.165) is 5.69 Å². The first-order valence-electron chi connectivity index (χ1n) is 4.79. The molecule has 0 saturated heterocycles. The Hall–Kier alpha value is -1.08. The van der Waals surface area contributed by atoms with Crippen molar-refractivity contribution in [1.29, 1.82) is 0 Å². The highest BCUT2D eigenvalue weighted by Crippen LogP contribution is 2.12. The summed E-state index contributed by atoms with van der Waals surface area (Å²) in [6.45, 7) is 0. The van der Waals surface area contributed by atoms with Crippen LogP contribution in [0.15, 0.2) is 42.6 Å². The molecule has 0 radical (unpaired) electrons. The third-order valence-corrected chi connectivity index (χ3v) is 1.86. The average Bonchev–Trinajstić information content (AvgIpc) is 2.28. The van der Waals surface area contributed by atoms with Crippen LogP contribution in [0.3, 0.4) is 0 Å². The highest BCUT2D eigenvalue weighted by atomic mass is 36.0. The fraction of sp³-hybridized carbons (Fsp3) is 0. The van der Waals surface area contributed by atoms with Crippen molar-refractivity contribution in [3.63, 3.8) is 0 Å². The molecule has 0 amide bonds. The summed E-state index contributed by atoms with van der Waals surface area (Å²) in [4.78, 5) is 8.04. The van der Waals surface area contributed by atoms with Crippen LogP contribution in [-0.4, -0.2) is 18.4 Å². The number of aromatic nitrogens is 2. The molecule has 19 heavy (non-hydrogen) atoms. The van der Waals surface area contributed by atoms with Crippen molar-refractivity contribution in [1.82, 2.24) is 9.97 Å². The molecule has 0 fully saturated rings. The molecule has 5 nitrogen and oxygen atoms in total. The van der Waals surface area contributed by atoms with E-state index in [1.54, 1.807) is 12.3 Å². The highest BCUT2D eigenvalue weighted by molar-refractivity contribution is 8.31. The standard InChI is InChI=1S/C10H8ClN3.Cl2O2S/c11-9-6-7-12-10(14-9)13-8-4-2-1-3-5-8;1-5(2,3)4/h1-7H,(H,12,13,14);. The van der Waals surface area contributed by atoms with Gasteiger partial charge in [-0.15, -0.1) is 0 Å². The number of halogens is 3. The smallest absolute Gasteiger partial charge is 0.317 e. The first-order valence-corrected chi connectivity index (χ1v) is 8.31. The number of para-hydroxylation sites is 1. The van der Waals surface area contributed by atoms with Gasteiger partial charge < -0.3 is 5.32 Å². The molecule has 1 heterocycles. The van der Waals surface area contributed by atoms with E-state index in [4.69, 9.17) is 20.0 Å². The van der Waals surface area contributed by atoms with Crippen LogP contribution in [0.5, 0.6) is 0 Å². The van der Waals surface area contributed by atoms with E-state index in [1.807, 2.05) is 30.3 Å². The molecule has 9 heteroatoms. The second-order valence-electron chi connectivity index (χ2n) is 3.07. The van der Waals surface area contributed by atoms with Crippen LogP contribution in [0, 0.1) is 0 Å². The van der Waals surface area contributed by atoms with Crippen LogP contribution >= 0.6 is 33.0 Å². The summed E-state index contributed by atoms with van der Waals surface area (Å²) in [6, 6.07) is 11.3. The van der Waals surface area contributed by atoms with E-state index >= 15 is 0 Å². The summed E-state index contributed by atoms with van der Waals surface area (Å²) in [7, 11) is 4.81. The molecule has 1 N–H and O–H groups in total. The van der Waals surface area contributed by atoms with Crippen molar-refractivity contribution < 1.29 is 8.42 Å². The number of rotatable bonds is 2. The van der Waals surface area contributed by atoms with Crippen LogP contribution in [0.25, 0.3) is 0 Å². The van der Waals surface area contributed by atoms with Gasteiger partial charge in [0.05, 0.1) is 0 Å². The molecular weight excluding hydrogens is 333 g/mol. The second-order valence-corrected chi connectivity index (χ2v) is 7.13. The van der Waals surface area contributed by atoms with Gasteiger partial charge in [0.2, 0.25) is 5.95 Å². The van der Waals surface area contributed by atoms with Crippen LogP contribution in [0.2, 0.25) is 5.15 Å². The van der Waals surface area contributed by atoms with Crippen LogP contribution < -0.4 is 5.32 Å². The Kier molecular flexibility index (Phi) is 6.30. The normalized spacial score (nSPS) is 10.3. The lowest BCUT2D eigenvalue weighted by Crippen LogP contribution is -1.95. The Morgan fingerprint density at radius 2 is 1.63 bits per heavy atom. The predicted molar refractivity (Wildman–Crippen MR) is 77.4 cm³/mol. The number of hydrogen-bond donors (Lipinski definition) is 1. The molecule has 1 aromatic heterocycles. The number of hydrogen-bond acceptors (Lipinski definition) is 5. The molecule has 0 saturated carbocycles. The minimum absolute atomic E-state index is 0.429. The fourth-order valence-corrected chi connectivity index (χ4v) is 1.18. The van der Waals surface area contributed by atoms with Crippen molar-refractivity contribution in [3.05, 3.63) is 47.7 Å². The summed E-state index contributed by atoms with van der Waals surface area (Å²) >= 11 is 5.72. The van der Waals surface area contributed by atoms with Gasteiger partial charge in [-0.2, -0.15) is 8.42 Å². The SMILES string of the molecule is Clc1ccnc(Nc2ccccc2)n1.O=S(=O)(Cl)Cl. The summed E-state index contributed by atoms with van der Waals surface area (Å²) in [5, 5.41) is 3.47. The Morgan fingerprint density at radius 1 is 1.05 bits per heavy atom. The van der Waals surface area contributed by atoms with E-state index < -0.39 is 8.26 Å². The molecule has 2 aromatic rings. The molecule has 2 rings (SSSR count). The largest absolute Gasteiger partial charge is 0.324 e. The summed E-state index contributed by atoms with van der Waals surface area (Å²) in [6.07, 6.45) is 1.61. The van der Waals surface area contributed by atoms with Gasteiger partial charge in [0, 0.05) is 33.2 Å². The maximum absolute atomic E-state index is 9.16. The molecule has 0 aliphatic heterocycles. The zero-order valence-corrected chi connectivity index (χ0v) is 12.4. The number of nitrogens with zero attached hydrogens (tertiary/aromatic N) is 2. The molecule has 0 aliphatic carbocycles. The van der Waals surface area contributed by atoms with Gasteiger partial charge >= 0.3 is 8.26 Å². The Morgan fingerprint density at radius 3 is 2.16 bits per heavy atom. The fourth-order valence-electron chi connectivity index (χ4n) is 1.05. The van der Waals surface area contributed by atoms with Crippen molar-refractivity contribution in [2.75, 3.05) is 5.32 Å². The number of nitrogens with one attached hydrogen (secondary N) is 1. The summed E-state index contributed by atoms with van der Waals surface area (Å²) < 4.78 is 18.3. The maximum Gasteiger partial charge on any atom is 0.317 e. The van der Waals surface area contributed by atoms with E-state index in [0.29, 0.717) is 11.1 Å². The molecule has 1 aromatic carbocycles. The Labute approximate surface area is 124 Å². The monoisotopic (exact) mass is 339 g/mol. The quantitative estimate of drug-likeness (QED) is 0.668. The van der Waals surface area contributed by atoms with Gasteiger partial charge in [-0.05, 0) is 18.2 Å². The summed E-state index contributed by atoms with van der Waals surface area (Å²) in [5.41, 5.74) is 0.940. The van der Waals surface area contributed by atoms with Gasteiger partial charge in [-0.25, -0.2) is 9.97 Å².